The van der Waals surface area contributed by atoms with Crippen molar-refractivity contribution in [3.8, 4) is 0 Å². The first-order chi connectivity index (χ1) is 10.00. The smallest absolute Gasteiger partial charge is 0.269 e. The fourth-order valence-corrected chi connectivity index (χ4v) is 2.97. The van der Waals surface area contributed by atoms with Crippen LogP contribution in [-0.4, -0.2) is 30.0 Å². The molecule has 1 fully saturated rings. The molecule has 1 aromatic carbocycles. The van der Waals surface area contributed by atoms with Crippen LogP contribution < -0.4 is 10.2 Å². The summed E-state index contributed by atoms with van der Waals surface area (Å²) in [4.78, 5) is 24.6. The Bertz CT molecular complexity index is 521. The minimum absolute atomic E-state index is 0.0295. The Morgan fingerprint density at radius 1 is 1.43 bits per heavy atom. The number of nitro groups is 1. The van der Waals surface area contributed by atoms with Gasteiger partial charge in [0.15, 0.2) is 0 Å². The quantitative estimate of drug-likeness (QED) is 0.668. The Hall–Kier alpha value is -1.95. The molecule has 1 aromatic rings. The summed E-state index contributed by atoms with van der Waals surface area (Å²) in [5.41, 5.74) is 0.224. The van der Waals surface area contributed by atoms with Gasteiger partial charge >= 0.3 is 0 Å². The number of nitrogens with one attached hydrogen (secondary N) is 1. The maximum Gasteiger partial charge on any atom is 0.269 e. The zero-order chi connectivity index (χ0) is 15.5. The fourth-order valence-electron chi connectivity index (χ4n) is 2.97. The van der Waals surface area contributed by atoms with E-state index in [9.17, 15) is 14.9 Å². The van der Waals surface area contributed by atoms with Gasteiger partial charge in [0.25, 0.3) is 5.69 Å². The summed E-state index contributed by atoms with van der Waals surface area (Å²) in [6, 6.07) is 6.08. The number of rotatable bonds is 5. The lowest BCUT2D eigenvalue weighted by Crippen LogP contribution is -2.54. The summed E-state index contributed by atoms with van der Waals surface area (Å²) in [5, 5.41) is 14.0. The second-order valence-corrected chi connectivity index (χ2v) is 5.50. The van der Waals surface area contributed by atoms with E-state index in [1.807, 2.05) is 0 Å². The van der Waals surface area contributed by atoms with Crippen LogP contribution in [0.5, 0.6) is 0 Å². The molecule has 114 valence electrons. The summed E-state index contributed by atoms with van der Waals surface area (Å²) in [6.45, 7) is 2.93. The van der Waals surface area contributed by atoms with Gasteiger partial charge in [-0.25, -0.2) is 0 Å². The predicted molar refractivity (Wildman–Crippen MR) is 81.4 cm³/mol. The molecule has 0 aromatic heterocycles. The molecule has 0 saturated carbocycles. The molecule has 6 heteroatoms. The first-order valence-corrected chi connectivity index (χ1v) is 7.28. The molecule has 6 nitrogen and oxygen atoms in total. The van der Waals surface area contributed by atoms with E-state index in [4.69, 9.17) is 0 Å². The van der Waals surface area contributed by atoms with Crippen molar-refractivity contribution in [1.29, 1.82) is 0 Å². The SMILES string of the molecule is CCCC1(C(=O)N(C)c2ccc([N+](=O)[O-])cc2)CCCN1. The first-order valence-electron chi connectivity index (χ1n) is 7.28. The van der Waals surface area contributed by atoms with Crippen LogP contribution in [0.25, 0.3) is 0 Å². The van der Waals surface area contributed by atoms with Crippen molar-refractivity contribution in [3.63, 3.8) is 0 Å². The van der Waals surface area contributed by atoms with Crippen molar-refractivity contribution >= 4 is 17.3 Å². The van der Waals surface area contributed by atoms with E-state index in [1.54, 1.807) is 24.1 Å². The molecule has 1 aliphatic rings. The normalized spacial score (nSPS) is 21.2. The van der Waals surface area contributed by atoms with Crippen LogP contribution in [-0.2, 0) is 4.79 Å². The Kier molecular flexibility index (Phi) is 4.57. The lowest BCUT2D eigenvalue weighted by molar-refractivity contribution is -0.384. The molecule has 0 aliphatic carbocycles. The van der Waals surface area contributed by atoms with Gasteiger partial charge in [-0.05, 0) is 37.9 Å². The number of anilines is 1. The highest BCUT2D eigenvalue weighted by atomic mass is 16.6. The highest BCUT2D eigenvalue weighted by Crippen LogP contribution is 2.29. The highest BCUT2D eigenvalue weighted by molar-refractivity contribution is 6.00. The Labute approximate surface area is 124 Å². The van der Waals surface area contributed by atoms with Gasteiger partial charge < -0.3 is 10.2 Å². The largest absolute Gasteiger partial charge is 0.314 e. The summed E-state index contributed by atoms with van der Waals surface area (Å²) in [6.07, 6.45) is 3.59. The lowest BCUT2D eigenvalue weighted by Gasteiger charge is -2.32. The van der Waals surface area contributed by atoms with E-state index in [1.165, 1.54) is 12.1 Å². The molecule has 1 unspecified atom stereocenters. The van der Waals surface area contributed by atoms with Crippen molar-refractivity contribution in [2.45, 2.75) is 38.1 Å². The number of likely N-dealkylation sites (N-methyl/N-ethyl adjacent to an activating group) is 1. The molecule has 1 atom stereocenters. The third-order valence-corrected chi connectivity index (χ3v) is 4.08. The van der Waals surface area contributed by atoms with Gasteiger partial charge in [0.1, 0.15) is 0 Å². The average molecular weight is 291 g/mol. The predicted octanol–water partition coefficient (Wildman–Crippen LogP) is 2.48. The molecule has 0 bridgehead atoms. The van der Waals surface area contributed by atoms with E-state index in [-0.39, 0.29) is 11.6 Å². The van der Waals surface area contributed by atoms with Crippen LogP contribution >= 0.6 is 0 Å². The fraction of sp³-hybridized carbons (Fsp3) is 0.533. The average Bonchev–Trinajstić information content (AvgIpc) is 2.96. The van der Waals surface area contributed by atoms with Crippen LogP contribution in [0.2, 0.25) is 0 Å². The number of benzene rings is 1. The van der Waals surface area contributed by atoms with Crippen LogP contribution in [0.4, 0.5) is 11.4 Å². The second-order valence-electron chi connectivity index (χ2n) is 5.50. The maximum atomic E-state index is 12.8. The van der Waals surface area contributed by atoms with Crippen molar-refractivity contribution < 1.29 is 9.72 Å². The van der Waals surface area contributed by atoms with Gasteiger partial charge in [0, 0.05) is 24.9 Å². The molecule has 0 spiro atoms. The molecule has 1 heterocycles. The lowest BCUT2D eigenvalue weighted by atomic mass is 9.90. The molecular formula is C15H21N3O3. The van der Waals surface area contributed by atoms with Gasteiger partial charge in [0.05, 0.1) is 10.5 Å². The standard InChI is InChI=1S/C15H21N3O3/c1-3-9-15(10-4-11-16-15)14(19)17(2)12-5-7-13(8-6-12)18(20)21/h5-8,16H,3-4,9-11H2,1-2H3. The number of nitrogens with zero attached hydrogens (tertiary/aromatic N) is 2. The summed E-state index contributed by atoms with van der Waals surface area (Å²) in [5.74, 6) is 0.0377. The number of non-ortho nitro benzene ring substituents is 1. The van der Waals surface area contributed by atoms with Crippen molar-refractivity contribution in [2.75, 3.05) is 18.5 Å². The molecule has 2 rings (SSSR count). The molecule has 1 aliphatic heterocycles. The monoisotopic (exact) mass is 291 g/mol. The van der Waals surface area contributed by atoms with E-state index in [2.05, 4.69) is 12.2 Å². The number of hydrogen-bond acceptors (Lipinski definition) is 4. The van der Waals surface area contributed by atoms with E-state index in [0.717, 1.165) is 32.2 Å². The third kappa shape index (κ3) is 3.05. The zero-order valence-electron chi connectivity index (χ0n) is 12.5. The second kappa shape index (κ2) is 6.22. The van der Waals surface area contributed by atoms with E-state index in [0.29, 0.717) is 5.69 Å². The van der Waals surface area contributed by atoms with Crippen molar-refractivity contribution in [1.82, 2.24) is 5.32 Å². The van der Waals surface area contributed by atoms with Gasteiger partial charge in [-0.15, -0.1) is 0 Å². The van der Waals surface area contributed by atoms with Crippen LogP contribution in [0.3, 0.4) is 0 Å². The molecule has 21 heavy (non-hydrogen) atoms. The van der Waals surface area contributed by atoms with Gasteiger partial charge in [-0.1, -0.05) is 13.3 Å². The molecule has 1 amide bonds. The maximum absolute atomic E-state index is 12.8. The third-order valence-electron chi connectivity index (χ3n) is 4.08. The van der Waals surface area contributed by atoms with Crippen molar-refractivity contribution in [2.24, 2.45) is 0 Å². The number of amides is 1. The molecule has 1 N–H and O–H groups in total. The molecule has 1 saturated heterocycles. The summed E-state index contributed by atoms with van der Waals surface area (Å²) in [7, 11) is 1.72. The highest BCUT2D eigenvalue weighted by Gasteiger charge is 2.41. The molecule has 0 radical (unpaired) electrons. The first kappa shape index (κ1) is 15.4. The number of hydrogen-bond donors (Lipinski definition) is 1. The summed E-state index contributed by atoms with van der Waals surface area (Å²) >= 11 is 0. The number of carbonyl (C=O) groups excluding carboxylic acids is 1. The number of carbonyl (C=O) groups is 1. The van der Waals surface area contributed by atoms with E-state index < -0.39 is 10.5 Å². The van der Waals surface area contributed by atoms with E-state index >= 15 is 0 Å². The summed E-state index contributed by atoms with van der Waals surface area (Å²) < 4.78 is 0. The topological polar surface area (TPSA) is 75.5 Å². The minimum Gasteiger partial charge on any atom is -0.314 e. The zero-order valence-corrected chi connectivity index (χ0v) is 12.5. The Balaban J connectivity index is 2.19. The van der Waals surface area contributed by atoms with Crippen molar-refractivity contribution in [3.05, 3.63) is 34.4 Å². The van der Waals surface area contributed by atoms with Gasteiger partial charge in [0.2, 0.25) is 5.91 Å². The van der Waals surface area contributed by atoms with Crippen LogP contribution in [0.15, 0.2) is 24.3 Å². The Morgan fingerprint density at radius 3 is 2.57 bits per heavy atom. The number of nitro benzene ring substituents is 1. The van der Waals surface area contributed by atoms with Crippen LogP contribution in [0, 0.1) is 10.1 Å². The molecular weight excluding hydrogens is 270 g/mol. The Morgan fingerprint density at radius 2 is 2.10 bits per heavy atom. The van der Waals surface area contributed by atoms with Gasteiger partial charge in [-0.3, -0.25) is 14.9 Å². The minimum atomic E-state index is -0.481. The van der Waals surface area contributed by atoms with Gasteiger partial charge in [-0.2, -0.15) is 0 Å². The van der Waals surface area contributed by atoms with Crippen LogP contribution in [0.1, 0.15) is 32.6 Å².